The van der Waals surface area contributed by atoms with Gasteiger partial charge in [-0.05, 0) is 24.8 Å². The average Bonchev–Trinajstić information content (AvgIpc) is 3.00. The quantitative estimate of drug-likeness (QED) is 0.436. The fraction of sp³-hybridized carbons (Fsp3) is 0.296. The number of nitrogens with zero attached hydrogens (tertiary/aromatic N) is 4. The predicted molar refractivity (Wildman–Crippen MR) is 131 cm³/mol. The Balaban J connectivity index is 1.64. The summed E-state index contributed by atoms with van der Waals surface area (Å²) in [7, 11) is 0. The molecule has 4 heterocycles. The van der Waals surface area contributed by atoms with Gasteiger partial charge in [-0.1, -0.05) is 37.1 Å². The molecule has 0 radical (unpaired) electrons. The van der Waals surface area contributed by atoms with Crippen LogP contribution in [0.2, 0.25) is 0 Å². The summed E-state index contributed by atoms with van der Waals surface area (Å²) in [6.07, 6.45) is 7.74. The average molecular weight is 472 g/mol. The monoisotopic (exact) mass is 471 g/mol. The van der Waals surface area contributed by atoms with E-state index in [0.717, 1.165) is 13.0 Å². The van der Waals surface area contributed by atoms with Gasteiger partial charge in [0.05, 0.1) is 11.6 Å². The fourth-order valence-electron chi connectivity index (χ4n) is 5.26. The molecule has 1 saturated heterocycles. The molecule has 1 N–H and O–H groups in total. The van der Waals surface area contributed by atoms with Crippen LogP contribution in [0, 0.1) is 24.0 Å². The second-order valence-corrected chi connectivity index (χ2v) is 9.03. The van der Waals surface area contributed by atoms with Gasteiger partial charge in [0, 0.05) is 30.1 Å². The number of anilines is 1. The topological polar surface area (TPSA) is 63.2 Å². The minimum atomic E-state index is -0.621. The molecule has 0 aliphatic carbocycles. The van der Waals surface area contributed by atoms with Crippen LogP contribution in [0.15, 0.2) is 36.7 Å². The van der Waals surface area contributed by atoms with Crippen molar-refractivity contribution in [3.63, 3.8) is 0 Å². The Hall–Kier alpha value is -3.83. The number of aromatic nitrogens is 3. The van der Waals surface area contributed by atoms with E-state index in [0.29, 0.717) is 34.1 Å². The van der Waals surface area contributed by atoms with Crippen LogP contribution in [0.4, 0.5) is 14.6 Å². The van der Waals surface area contributed by atoms with E-state index < -0.39 is 11.6 Å². The SMILES string of the molecule is C#Cc1c(F)ccc2cccc(-c3nc4c5c(ncnc5c3F)N3C[C@@H](CC)NC[C@H]3[C@H](C)O4)c12. The van der Waals surface area contributed by atoms with Crippen molar-refractivity contribution in [3.05, 3.63) is 53.9 Å². The summed E-state index contributed by atoms with van der Waals surface area (Å²) in [5.41, 5.74) is 0.583. The second-order valence-electron chi connectivity index (χ2n) is 9.03. The Morgan fingerprint density at radius 1 is 1.20 bits per heavy atom. The molecular weight excluding hydrogens is 448 g/mol. The summed E-state index contributed by atoms with van der Waals surface area (Å²) in [4.78, 5) is 15.7. The van der Waals surface area contributed by atoms with Crippen LogP contribution in [-0.4, -0.2) is 46.2 Å². The Morgan fingerprint density at radius 2 is 2.06 bits per heavy atom. The zero-order chi connectivity index (χ0) is 24.3. The van der Waals surface area contributed by atoms with E-state index in [1.807, 2.05) is 6.92 Å². The van der Waals surface area contributed by atoms with Crippen LogP contribution < -0.4 is 15.0 Å². The number of terminal acetylenes is 1. The molecule has 3 atom stereocenters. The Labute approximate surface area is 201 Å². The van der Waals surface area contributed by atoms with Gasteiger partial charge in [0.15, 0.2) is 5.82 Å². The standard InChI is InChI=1S/C27H23F2N5O/c1-4-16-12-34-20(11-30-16)14(3)35-27-22-25(31-13-32-26(22)34)23(29)24(33-27)18-8-6-7-15-9-10-19(28)17(5-2)21(15)18/h2,6-10,13-14,16,20,30H,4,11-12H2,1,3H3/t14-,16+,20-/m0/s1. The second kappa shape index (κ2) is 8.14. The molecule has 0 amide bonds. The first-order valence-corrected chi connectivity index (χ1v) is 11.7. The summed E-state index contributed by atoms with van der Waals surface area (Å²) in [5.74, 6) is 2.13. The summed E-state index contributed by atoms with van der Waals surface area (Å²) in [5, 5.41) is 5.12. The molecule has 2 aromatic heterocycles. The van der Waals surface area contributed by atoms with Crippen molar-refractivity contribution in [2.24, 2.45) is 0 Å². The van der Waals surface area contributed by atoms with Gasteiger partial charge in [0.25, 0.3) is 0 Å². The van der Waals surface area contributed by atoms with E-state index in [4.69, 9.17) is 11.2 Å². The third-order valence-corrected chi connectivity index (χ3v) is 7.10. The smallest absolute Gasteiger partial charge is 0.227 e. The molecule has 6 nitrogen and oxygen atoms in total. The molecular formula is C27H23F2N5O. The van der Waals surface area contributed by atoms with Crippen molar-refractivity contribution in [1.82, 2.24) is 20.3 Å². The minimum absolute atomic E-state index is 0.00342. The summed E-state index contributed by atoms with van der Waals surface area (Å²) in [6.45, 7) is 5.54. The van der Waals surface area contributed by atoms with Crippen molar-refractivity contribution < 1.29 is 13.5 Å². The number of halogens is 2. The number of hydrogen-bond donors (Lipinski definition) is 1. The lowest BCUT2D eigenvalue weighted by Crippen LogP contribution is -2.60. The number of rotatable bonds is 2. The number of nitrogens with one attached hydrogen (secondary N) is 1. The van der Waals surface area contributed by atoms with Gasteiger partial charge in [-0.15, -0.1) is 6.42 Å². The van der Waals surface area contributed by atoms with Crippen molar-refractivity contribution in [3.8, 4) is 29.5 Å². The number of pyridine rings is 1. The molecule has 6 rings (SSSR count). The maximum Gasteiger partial charge on any atom is 0.227 e. The van der Waals surface area contributed by atoms with Gasteiger partial charge in [-0.25, -0.2) is 23.7 Å². The maximum absolute atomic E-state index is 16.2. The van der Waals surface area contributed by atoms with Gasteiger partial charge in [-0.3, -0.25) is 0 Å². The van der Waals surface area contributed by atoms with Crippen molar-refractivity contribution in [2.45, 2.75) is 38.5 Å². The van der Waals surface area contributed by atoms with Crippen LogP contribution >= 0.6 is 0 Å². The Bertz CT molecular complexity index is 1530. The highest BCUT2D eigenvalue weighted by Crippen LogP contribution is 2.42. The lowest BCUT2D eigenvalue weighted by molar-refractivity contribution is 0.167. The van der Waals surface area contributed by atoms with Crippen LogP contribution in [-0.2, 0) is 0 Å². The number of piperazine rings is 1. The van der Waals surface area contributed by atoms with Gasteiger partial charge in [0.2, 0.25) is 5.88 Å². The molecule has 0 unspecified atom stereocenters. The van der Waals surface area contributed by atoms with Gasteiger partial charge in [0.1, 0.15) is 40.7 Å². The molecule has 176 valence electrons. The van der Waals surface area contributed by atoms with E-state index in [-0.39, 0.29) is 40.8 Å². The molecule has 0 spiro atoms. The highest BCUT2D eigenvalue weighted by molar-refractivity contribution is 6.03. The number of hydrogen-bond acceptors (Lipinski definition) is 6. The maximum atomic E-state index is 16.2. The van der Waals surface area contributed by atoms with E-state index in [9.17, 15) is 4.39 Å². The first kappa shape index (κ1) is 21.7. The normalized spacial score (nSPS) is 21.3. The van der Waals surface area contributed by atoms with E-state index in [1.165, 1.54) is 12.4 Å². The molecule has 2 aromatic carbocycles. The molecule has 2 aliphatic rings. The Morgan fingerprint density at radius 3 is 2.86 bits per heavy atom. The molecule has 4 aromatic rings. The van der Waals surface area contributed by atoms with E-state index >= 15 is 4.39 Å². The number of ether oxygens (including phenoxy) is 1. The van der Waals surface area contributed by atoms with Gasteiger partial charge < -0.3 is 15.0 Å². The molecule has 2 aliphatic heterocycles. The van der Waals surface area contributed by atoms with E-state index in [1.54, 1.807) is 24.3 Å². The first-order chi connectivity index (χ1) is 17.0. The molecule has 0 saturated carbocycles. The molecule has 8 heteroatoms. The summed E-state index contributed by atoms with van der Waals surface area (Å²) >= 11 is 0. The van der Waals surface area contributed by atoms with Crippen molar-refractivity contribution in [1.29, 1.82) is 0 Å². The van der Waals surface area contributed by atoms with Crippen molar-refractivity contribution >= 4 is 27.5 Å². The highest BCUT2D eigenvalue weighted by atomic mass is 19.1. The highest BCUT2D eigenvalue weighted by Gasteiger charge is 2.38. The fourth-order valence-corrected chi connectivity index (χ4v) is 5.26. The Kier molecular flexibility index (Phi) is 5.04. The van der Waals surface area contributed by atoms with Crippen LogP contribution in [0.25, 0.3) is 32.9 Å². The van der Waals surface area contributed by atoms with E-state index in [2.05, 4.69) is 38.0 Å². The summed E-state index contributed by atoms with van der Waals surface area (Å²) < 4.78 is 37.1. The zero-order valence-corrected chi connectivity index (χ0v) is 19.3. The molecule has 0 bridgehead atoms. The predicted octanol–water partition coefficient (Wildman–Crippen LogP) is 4.44. The first-order valence-electron chi connectivity index (χ1n) is 11.7. The van der Waals surface area contributed by atoms with Crippen LogP contribution in [0.1, 0.15) is 25.8 Å². The van der Waals surface area contributed by atoms with Crippen molar-refractivity contribution in [2.75, 3.05) is 18.0 Å². The van der Waals surface area contributed by atoms with Gasteiger partial charge >= 0.3 is 0 Å². The molecule has 35 heavy (non-hydrogen) atoms. The van der Waals surface area contributed by atoms with Crippen LogP contribution in [0.5, 0.6) is 5.88 Å². The largest absolute Gasteiger partial charge is 0.472 e. The zero-order valence-electron chi connectivity index (χ0n) is 19.3. The molecule has 1 fully saturated rings. The third-order valence-electron chi connectivity index (χ3n) is 7.10. The number of fused-ring (bicyclic) bond motifs is 3. The third kappa shape index (κ3) is 3.22. The lowest BCUT2D eigenvalue weighted by atomic mass is 9.96. The minimum Gasteiger partial charge on any atom is -0.472 e. The number of benzene rings is 2. The summed E-state index contributed by atoms with van der Waals surface area (Å²) in [6, 6.07) is 8.49. The lowest BCUT2D eigenvalue weighted by Gasteiger charge is -2.41. The van der Waals surface area contributed by atoms with Crippen LogP contribution in [0.3, 0.4) is 0 Å². The van der Waals surface area contributed by atoms with Gasteiger partial charge in [-0.2, -0.15) is 0 Å².